The molecule has 0 bridgehead atoms. The third-order valence-corrected chi connectivity index (χ3v) is 4.87. The average molecular weight is 368 g/mol. The van der Waals surface area contributed by atoms with Gasteiger partial charge in [0.1, 0.15) is 0 Å². The van der Waals surface area contributed by atoms with E-state index in [0.717, 1.165) is 35.7 Å². The van der Waals surface area contributed by atoms with Gasteiger partial charge >= 0.3 is 5.97 Å². The van der Waals surface area contributed by atoms with Crippen LogP contribution in [0.5, 0.6) is 0 Å². The molecule has 0 atom stereocenters. The number of hydrogen-bond acceptors (Lipinski definition) is 2. The molecule has 0 radical (unpaired) electrons. The second-order valence-corrected chi connectivity index (χ2v) is 6.82. The lowest BCUT2D eigenvalue weighted by atomic mass is 9.68. The SMILES string of the molecule is O=C(O)CCCNC(=O)C1(c2cccc(Br)c2)CCCCC1. The van der Waals surface area contributed by atoms with Gasteiger partial charge in [-0.1, -0.05) is 47.3 Å². The number of rotatable bonds is 6. The summed E-state index contributed by atoms with van der Waals surface area (Å²) < 4.78 is 0.980. The molecule has 22 heavy (non-hydrogen) atoms. The van der Waals surface area contributed by atoms with E-state index in [2.05, 4.69) is 21.2 Å². The maximum absolute atomic E-state index is 12.8. The van der Waals surface area contributed by atoms with Crippen LogP contribution in [-0.4, -0.2) is 23.5 Å². The quantitative estimate of drug-likeness (QED) is 0.754. The Balaban J connectivity index is 2.11. The topological polar surface area (TPSA) is 66.4 Å². The molecule has 5 heteroatoms. The van der Waals surface area contributed by atoms with Crippen molar-refractivity contribution in [3.63, 3.8) is 0 Å². The molecule has 2 rings (SSSR count). The van der Waals surface area contributed by atoms with E-state index < -0.39 is 11.4 Å². The van der Waals surface area contributed by atoms with Crippen molar-refractivity contribution in [1.82, 2.24) is 5.32 Å². The summed E-state index contributed by atoms with van der Waals surface area (Å²) in [7, 11) is 0. The zero-order valence-corrected chi connectivity index (χ0v) is 14.2. The first kappa shape index (κ1) is 17.0. The van der Waals surface area contributed by atoms with Crippen LogP contribution in [0.25, 0.3) is 0 Å². The Kier molecular flexibility index (Phi) is 6.00. The van der Waals surface area contributed by atoms with Gasteiger partial charge in [0.2, 0.25) is 5.91 Å². The van der Waals surface area contributed by atoms with E-state index in [0.29, 0.717) is 13.0 Å². The van der Waals surface area contributed by atoms with Crippen LogP contribution in [0.3, 0.4) is 0 Å². The van der Waals surface area contributed by atoms with Crippen LogP contribution < -0.4 is 5.32 Å². The largest absolute Gasteiger partial charge is 0.481 e. The van der Waals surface area contributed by atoms with Crippen molar-refractivity contribution < 1.29 is 14.7 Å². The van der Waals surface area contributed by atoms with Crippen molar-refractivity contribution in [2.75, 3.05) is 6.54 Å². The Hall–Kier alpha value is -1.36. The summed E-state index contributed by atoms with van der Waals surface area (Å²) in [6.07, 6.45) is 5.54. The standard InChI is InChI=1S/C17H22BrNO3/c18-14-7-4-6-13(12-14)17(9-2-1-3-10-17)16(22)19-11-5-8-15(20)21/h4,6-7,12H,1-3,5,8-11H2,(H,19,22)(H,20,21). The molecule has 0 unspecified atom stereocenters. The van der Waals surface area contributed by atoms with Crippen LogP contribution in [-0.2, 0) is 15.0 Å². The zero-order valence-electron chi connectivity index (χ0n) is 12.6. The van der Waals surface area contributed by atoms with E-state index in [1.54, 1.807) is 0 Å². The van der Waals surface area contributed by atoms with Crippen LogP contribution in [0.4, 0.5) is 0 Å². The van der Waals surface area contributed by atoms with Crippen molar-refractivity contribution in [3.8, 4) is 0 Å². The van der Waals surface area contributed by atoms with E-state index in [1.807, 2.05) is 24.3 Å². The maximum atomic E-state index is 12.8. The fourth-order valence-corrected chi connectivity index (χ4v) is 3.60. The summed E-state index contributed by atoms with van der Waals surface area (Å²) in [5, 5.41) is 11.6. The monoisotopic (exact) mass is 367 g/mol. The molecule has 0 saturated heterocycles. The lowest BCUT2D eigenvalue weighted by molar-refractivity contribution is -0.137. The third-order valence-electron chi connectivity index (χ3n) is 4.37. The Morgan fingerprint density at radius 1 is 1.23 bits per heavy atom. The molecule has 1 saturated carbocycles. The molecule has 1 fully saturated rings. The molecule has 2 N–H and O–H groups in total. The summed E-state index contributed by atoms with van der Waals surface area (Å²) >= 11 is 3.48. The van der Waals surface area contributed by atoms with Gasteiger partial charge in [0.05, 0.1) is 5.41 Å². The highest BCUT2D eigenvalue weighted by Crippen LogP contribution is 2.40. The molecule has 1 aromatic rings. The fourth-order valence-electron chi connectivity index (χ4n) is 3.20. The number of benzene rings is 1. The minimum Gasteiger partial charge on any atom is -0.481 e. The van der Waals surface area contributed by atoms with Gasteiger partial charge in [-0.05, 0) is 37.0 Å². The normalized spacial score (nSPS) is 17.0. The number of hydrogen-bond donors (Lipinski definition) is 2. The van der Waals surface area contributed by atoms with E-state index in [9.17, 15) is 9.59 Å². The maximum Gasteiger partial charge on any atom is 0.303 e. The Labute approximate surface area is 139 Å². The first-order valence-corrected chi connectivity index (χ1v) is 8.60. The molecule has 0 heterocycles. The van der Waals surface area contributed by atoms with Gasteiger partial charge in [-0.3, -0.25) is 9.59 Å². The highest BCUT2D eigenvalue weighted by Gasteiger charge is 2.40. The third kappa shape index (κ3) is 4.09. The first-order chi connectivity index (χ1) is 10.5. The molecule has 120 valence electrons. The van der Waals surface area contributed by atoms with Gasteiger partial charge < -0.3 is 10.4 Å². The number of halogens is 1. The number of carbonyl (C=O) groups is 2. The molecular formula is C17H22BrNO3. The van der Waals surface area contributed by atoms with Crippen molar-refractivity contribution in [2.45, 2.75) is 50.4 Å². The minimum atomic E-state index is -0.825. The summed E-state index contributed by atoms with van der Waals surface area (Å²) in [4.78, 5) is 23.4. The summed E-state index contributed by atoms with van der Waals surface area (Å²) in [6, 6.07) is 7.98. The molecule has 0 aliphatic heterocycles. The van der Waals surface area contributed by atoms with Gasteiger partial charge in [-0.15, -0.1) is 0 Å². The summed E-state index contributed by atoms with van der Waals surface area (Å²) in [6.45, 7) is 0.418. The highest BCUT2D eigenvalue weighted by molar-refractivity contribution is 9.10. The molecule has 0 spiro atoms. The lowest BCUT2D eigenvalue weighted by Crippen LogP contribution is -2.46. The predicted molar refractivity (Wildman–Crippen MR) is 88.8 cm³/mol. The second kappa shape index (κ2) is 7.77. The Morgan fingerprint density at radius 3 is 2.59 bits per heavy atom. The van der Waals surface area contributed by atoms with Gasteiger partial charge in [0, 0.05) is 17.4 Å². The predicted octanol–water partition coefficient (Wildman–Crippen LogP) is 3.63. The van der Waals surface area contributed by atoms with Gasteiger partial charge in [-0.2, -0.15) is 0 Å². The van der Waals surface area contributed by atoms with Gasteiger partial charge in [0.25, 0.3) is 0 Å². The number of carbonyl (C=O) groups excluding carboxylic acids is 1. The average Bonchev–Trinajstić information content (AvgIpc) is 2.52. The van der Waals surface area contributed by atoms with E-state index >= 15 is 0 Å². The van der Waals surface area contributed by atoms with Crippen molar-refractivity contribution >= 4 is 27.8 Å². The second-order valence-electron chi connectivity index (χ2n) is 5.91. The number of carboxylic acid groups (broad SMARTS) is 1. The Morgan fingerprint density at radius 2 is 1.95 bits per heavy atom. The van der Waals surface area contributed by atoms with Crippen LogP contribution in [0.2, 0.25) is 0 Å². The molecular weight excluding hydrogens is 346 g/mol. The lowest BCUT2D eigenvalue weighted by Gasteiger charge is -2.36. The smallest absolute Gasteiger partial charge is 0.303 e. The number of nitrogens with one attached hydrogen (secondary N) is 1. The van der Waals surface area contributed by atoms with Crippen molar-refractivity contribution in [1.29, 1.82) is 0 Å². The fraction of sp³-hybridized carbons (Fsp3) is 0.529. The Bertz CT molecular complexity index is 538. The summed E-state index contributed by atoms with van der Waals surface area (Å²) in [5.41, 5.74) is 0.586. The minimum absolute atomic E-state index is 0.0377. The molecule has 1 aromatic carbocycles. The zero-order chi connectivity index (χ0) is 16.0. The molecule has 1 amide bonds. The van der Waals surface area contributed by atoms with E-state index in [4.69, 9.17) is 5.11 Å². The number of amides is 1. The molecule has 1 aliphatic rings. The van der Waals surface area contributed by atoms with E-state index in [1.165, 1.54) is 6.42 Å². The molecule has 1 aliphatic carbocycles. The van der Waals surface area contributed by atoms with Crippen molar-refractivity contribution in [3.05, 3.63) is 34.3 Å². The number of carboxylic acids is 1. The van der Waals surface area contributed by atoms with Gasteiger partial charge in [0.15, 0.2) is 0 Å². The van der Waals surface area contributed by atoms with Gasteiger partial charge in [-0.25, -0.2) is 0 Å². The molecule has 0 aromatic heterocycles. The van der Waals surface area contributed by atoms with Crippen LogP contribution in [0.1, 0.15) is 50.5 Å². The number of aliphatic carboxylic acids is 1. The van der Waals surface area contributed by atoms with Crippen LogP contribution >= 0.6 is 15.9 Å². The van der Waals surface area contributed by atoms with Crippen LogP contribution in [0.15, 0.2) is 28.7 Å². The summed E-state index contributed by atoms with van der Waals surface area (Å²) in [5.74, 6) is -0.788. The van der Waals surface area contributed by atoms with Crippen LogP contribution in [0, 0.1) is 0 Å². The van der Waals surface area contributed by atoms with Crippen molar-refractivity contribution in [2.24, 2.45) is 0 Å². The molecule has 4 nitrogen and oxygen atoms in total. The van der Waals surface area contributed by atoms with E-state index in [-0.39, 0.29) is 12.3 Å². The first-order valence-electron chi connectivity index (χ1n) is 7.81. The highest BCUT2D eigenvalue weighted by atomic mass is 79.9.